The molecule has 0 aliphatic heterocycles. The van der Waals surface area contributed by atoms with Gasteiger partial charge in [0.1, 0.15) is 28.9 Å². The number of anilines is 1. The Hall–Kier alpha value is -1.42. The minimum absolute atomic E-state index is 0.475. The maximum Gasteiger partial charge on any atom is 0.141 e. The van der Waals surface area contributed by atoms with Crippen LogP contribution in [0.15, 0.2) is 16.5 Å². The molecule has 0 aliphatic rings. The second-order valence-electron chi connectivity index (χ2n) is 3.45. The van der Waals surface area contributed by atoms with Crippen molar-refractivity contribution in [3.05, 3.63) is 34.4 Å². The average molecular weight is 226 g/mol. The molecule has 2 aromatic heterocycles. The van der Waals surface area contributed by atoms with Crippen molar-refractivity contribution in [1.82, 2.24) is 9.78 Å². The molecule has 0 saturated heterocycles. The number of halogens is 1. The lowest BCUT2D eigenvalue weighted by Gasteiger charge is -2.00. The molecule has 0 atom stereocenters. The van der Waals surface area contributed by atoms with E-state index in [0.29, 0.717) is 17.4 Å². The summed E-state index contributed by atoms with van der Waals surface area (Å²) in [7, 11) is 0. The molecule has 0 spiro atoms. The number of furan rings is 1. The third-order valence-corrected chi connectivity index (χ3v) is 2.66. The Labute approximate surface area is 92.6 Å². The van der Waals surface area contributed by atoms with Crippen LogP contribution in [0.1, 0.15) is 17.2 Å². The highest BCUT2D eigenvalue weighted by atomic mass is 35.5. The summed E-state index contributed by atoms with van der Waals surface area (Å²) in [4.78, 5) is 0. The fraction of sp³-hybridized carbons (Fsp3) is 0.300. The van der Waals surface area contributed by atoms with E-state index in [9.17, 15) is 0 Å². The number of nitrogen functional groups attached to an aromatic ring is 1. The van der Waals surface area contributed by atoms with Crippen molar-refractivity contribution in [3.8, 4) is 0 Å². The summed E-state index contributed by atoms with van der Waals surface area (Å²) >= 11 is 5.93. The molecular formula is C10H12ClN3O. The molecule has 0 saturated carbocycles. The van der Waals surface area contributed by atoms with Gasteiger partial charge in [-0.2, -0.15) is 5.10 Å². The van der Waals surface area contributed by atoms with Gasteiger partial charge in [0.25, 0.3) is 0 Å². The average Bonchev–Trinajstić information content (AvgIpc) is 2.68. The van der Waals surface area contributed by atoms with Crippen LogP contribution >= 0.6 is 11.6 Å². The van der Waals surface area contributed by atoms with Gasteiger partial charge in [0.15, 0.2) is 0 Å². The number of nitrogens with zero attached hydrogens (tertiary/aromatic N) is 2. The Kier molecular flexibility index (Phi) is 2.44. The standard InChI is InChI=1S/C10H12ClN3O/c1-6-3-4-8(15-6)5-14-10(12)9(11)7(2)13-14/h3-4H,5,12H2,1-2H3. The maximum absolute atomic E-state index is 5.93. The summed E-state index contributed by atoms with van der Waals surface area (Å²) in [6.45, 7) is 4.23. The predicted molar refractivity (Wildman–Crippen MR) is 58.9 cm³/mol. The van der Waals surface area contributed by atoms with Crippen LogP contribution < -0.4 is 5.73 Å². The summed E-state index contributed by atoms with van der Waals surface area (Å²) < 4.78 is 7.07. The monoisotopic (exact) mass is 225 g/mol. The Bertz CT molecular complexity index is 487. The molecule has 2 heterocycles. The Morgan fingerprint density at radius 3 is 2.67 bits per heavy atom. The minimum atomic E-state index is 0.475. The zero-order valence-electron chi connectivity index (χ0n) is 8.62. The highest BCUT2D eigenvalue weighted by Crippen LogP contribution is 2.23. The van der Waals surface area contributed by atoms with Crippen LogP contribution in [-0.2, 0) is 6.54 Å². The zero-order chi connectivity index (χ0) is 11.0. The normalized spacial score (nSPS) is 10.9. The SMILES string of the molecule is Cc1ccc(Cn2nc(C)c(Cl)c2N)o1. The van der Waals surface area contributed by atoms with Crippen LogP contribution in [0.2, 0.25) is 5.02 Å². The van der Waals surface area contributed by atoms with E-state index in [1.165, 1.54) is 0 Å². The van der Waals surface area contributed by atoms with E-state index in [2.05, 4.69) is 5.10 Å². The molecule has 2 N–H and O–H groups in total. The second kappa shape index (κ2) is 3.62. The largest absolute Gasteiger partial charge is 0.464 e. The van der Waals surface area contributed by atoms with Crippen LogP contribution in [0, 0.1) is 13.8 Å². The molecule has 2 rings (SSSR count). The van der Waals surface area contributed by atoms with Gasteiger partial charge in [-0.15, -0.1) is 0 Å². The fourth-order valence-electron chi connectivity index (χ4n) is 1.42. The van der Waals surface area contributed by atoms with Crippen LogP contribution in [0.25, 0.3) is 0 Å². The van der Waals surface area contributed by atoms with Crippen LogP contribution in [0.5, 0.6) is 0 Å². The number of nitrogens with two attached hydrogens (primary N) is 1. The first-order chi connectivity index (χ1) is 7.08. The Morgan fingerprint density at radius 2 is 2.20 bits per heavy atom. The first-order valence-electron chi connectivity index (χ1n) is 4.61. The third-order valence-electron chi connectivity index (χ3n) is 2.19. The van der Waals surface area contributed by atoms with Crippen LogP contribution in [-0.4, -0.2) is 9.78 Å². The summed E-state index contributed by atoms with van der Waals surface area (Å²) in [5.41, 5.74) is 6.52. The molecule has 4 nitrogen and oxygen atoms in total. The zero-order valence-corrected chi connectivity index (χ0v) is 9.38. The van der Waals surface area contributed by atoms with Crippen molar-refractivity contribution < 1.29 is 4.42 Å². The molecule has 0 aromatic carbocycles. The molecule has 0 fully saturated rings. The molecule has 0 bridgehead atoms. The van der Waals surface area contributed by atoms with E-state index in [1.54, 1.807) is 4.68 Å². The van der Waals surface area contributed by atoms with Crippen molar-refractivity contribution in [3.63, 3.8) is 0 Å². The van der Waals surface area contributed by atoms with Gasteiger partial charge in [-0.25, -0.2) is 4.68 Å². The molecule has 15 heavy (non-hydrogen) atoms. The molecule has 0 aliphatic carbocycles. The first-order valence-corrected chi connectivity index (χ1v) is 4.99. The summed E-state index contributed by atoms with van der Waals surface area (Å²) in [6.07, 6.45) is 0. The van der Waals surface area contributed by atoms with Crippen molar-refractivity contribution in [2.45, 2.75) is 20.4 Å². The van der Waals surface area contributed by atoms with Crippen LogP contribution in [0.4, 0.5) is 5.82 Å². The van der Waals surface area contributed by atoms with E-state index in [1.807, 2.05) is 26.0 Å². The molecule has 2 aromatic rings. The first kappa shape index (κ1) is 10.1. The Morgan fingerprint density at radius 1 is 1.47 bits per heavy atom. The van der Waals surface area contributed by atoms with E-state index in [4.69, 9.17) is 21.8 Å². The van der Waals surface area contributed by atoms with Gasteiger partial charge >= 0.3 is 0 Å². The van der Waals surface area contributed by atoms with Gasteiger partial charge in [-0.05, 0) is 26.0 Å². The fourth-order valence-corrected chi connectivity index (χ4v) is 1.55. The van der Waals surface area contributed by atoms with E-state index in [-0.39, 0.29) is 0 Å². The smallest absolute Gasteiger partial charge is 0.141 e. The molecule has 80 valence electrons. The molecule has 0 radical (unpaired) electrons. The maximum atomic E-state index is 5.93. The van der Waals surface area contributed by atoms with Crippen molar-refractivity contribution in [1.29, 1.82) is 0 Å². The molecule has 0 amide bonds. The number of rotatable bonds is 2. The van der Waals surface area contributed by atoms with Crippen molar-refractivity contribution in [2.24, 2.45) is 0 Å². The number of aromatic nitrogens is 2. The minimum Gasteiger partial charge on any atom is -0.464 e. The van der Waals surface area contributed by atoms with Gasteiger partial charge in [-0.1, -0.05) is 11.6 Å². The molecular weight excluding hydrogens is 214 g/mol. The number of hydrogen-bond donors (Lipinski definition) is 1. The van der Waals surface area contributed by atoms with Crippen molar-refractivity contribution in [2.75, 3.05) is 5.73 Å². The third kappa shape index (κ3) is 1.85. The van der Waals surface area contributed by atoms with Gasteiger partial charge < -0.3 is 10.2 Å². The molecule has 0 unspecified atom stereocenters. The highest BCUT2D eigenvalue weighted by Gasteiger charge is 2.11. The van der Waals surface area contributed by atoms with E-state index in [0.717, 1.165) is 17.2 Å². The quantitative estimate of drug-likeness (QED) is 0.854. The van der Waals surface area contributed by atoms with E-state index >= 15 is 0 Å². The summed E-state index contributed by atoms with van der Waals surface area (Å²) in [5.74, 6) is 2.17. The lowest BCUT2D eigenvalue weighted by molar-refractivity contribution is 0.460. The number of hydrogen-bond acceptors (Lipinski definition) is 3. The molecule has 5 heteroatoms. The Balaban J connectivity index is 2.28. The summed E-state index contributed by atoms with van der Waals surface area (Å²) in [6, 6.07) is 3.81. The predicted octanol–water partition coefficient (Wildman–Crippen LogP) is 2.38. The van der Waals surface area contributed by atoms with Crippen molar-refractivity contribution >= 4 is 17.4 Å². The number of aryl methyl sites for hydroxylation is 2. The van der Waals surface area contributed by atoms with Crippen LogP contribution in [0.3, 0.4) is 0 Å². The van der Waals surface area contributed by atoms with Gasteiger partial charge in [0.2, 0.25) is 0 Å². The van der Waals surface area contributed by atoms with Gasteiger partial charge in [0, 0.05) is 0 Å². The lowest BCUT2D eigenvalue weighted by Crippen LogP contribution is -2.05. The van der Waals surface area contributed by atoms with E-state index < -0.39 is 0 Å². The highest BCUT2D eigenvalue weighted by molar-refractivity contribution is 6.33. The second-order valence-corrected chi connectivity index (χ2v) is 3.83. The lowest BCUT2D eigenvalue weighted by atomic mass is 10.4. The summed E-state index contributed by atoms with van der Waals surface area (Å²) in [5, 5.41) is 4.73. The van der Waals surface area contributed by atoms with Gasteiger partial charge in [-0.3, -0.25) is 0 Å². The van der Waals surface area contributed by atoms with Gasteiger partial charge in [0.05, 0.1) is 5.69 Å². The topological polar surface area (TPSA) is 57.0 Å².